The summed E-state index contributed by atoms with van der Waals surface area (Å²) in [5.41, 5.74) is 5.17. The van der Waals surface area contributed by atoms with E-state index in [1.807, 2.05) is 65.8 Å². The second-order valence-electron chi connectivity index (χ2n) is 7.85. The van der Waals surface area contributed by atoms with Crippen LogP contribution in [0, 0.1) is 41.5 Å². The van der Waals surface area contributed by atoms with Gasteiger partial charge in [-0.3, -0.25) is 19.2 Å². The third-order valence-electron chi connectivity index (χ3n) is 4.95. The Kier molecular flexibility index (Phi) is 7.44. The van der Waals surface area contributed by atoms with Crippen molar-refractivity contribution < 1.29 is 24.3 Å². The van der Waals surface area contributed by atoms with Crippen LogP contribution in [0.4, 0.5) is 0 Å². The Balaban J connectivity index is 2.58. The monoisotopic (exact) mass is 426 g/mol. The van der Waals surface area contributed by atoms with Crippen molar-refractivity contribution in [2.45, 2.75) is 48.0 Å². The Morgan fingerprint density at radius 2 is 1.03 bits per heavy atom. The van der Waals surface area contributed by atoms with Gasteiger partial charge in [-0.05, 0) is 63.8 Å². The van der Waals surface area contributed by atoms with Crippen molar-refractivity contribution in [2.24, 2.45) is 0 Å². The van der Waals surface area contributed by atoms with E-state index in [1.54, 1.807) is 0 Å². The summed E-state index contributed by atoms with van der Waals surface area (Å²) in [5, 5.41) is 8.96. The third kappa shape index (κ3) is 5.28. The molecule has 2 aromatic carbocycles. The molecule has 0 aliphatic heterocycles. The Hall–Kier alpha value is -2.65. The first kappa shape index (κ1) is 23.6. The molecule has 0 amide bonds. The topological polar surface area (TPSA) is 88.5 Å². The fourth-order valence-corrected chi connectivity index (χ4v) is 6.12. The van der Waals surface area contributed by atoms with E-state index in [2.05, 4.69) is 0 Å². The highest BCUT2D eigenvalue weighted by Gasteiger charge is 2.34. The van der Waals surface area contributed by atoms with Crippen LogP contribution in [0.3, 0.4) is 0 Å². The quantitative estimate of drug-likeness (QED) is 0.472. The SMILES string of the molecule is Cc1cc(C)c(C(=O)P(CC(=O)CC(=O)O)C(=O)c2c(C)cc(C)cc2C)c(C)c1. The van der Waals surface area contributed by atoms with Crippen LogP contribution in [0.2, 0.25) is 0 Å². The molecule has 0 aliphatic carbocycles. The largest absolute Gasteiger partial charge is 0.481 e. The van der Waals surface area contributed by atoms with Crippen LogP contribution in [0.5, 0.6) is 0 Å². The van der Waals surface area contributed by atoms with Crippen molar-refractivity contribution in [2.75, 3.05) is 6.16 Å². The molecule has 0 atom stereocenters. The summed E-state index contributed by atoms with van der Waals surface area (Å²) < 4.78 is 0. The van der Waals surface area contributed by atoms with Crippen LogP contribution in [0.1, 0.15) is 60.5 Å². The molecule has 6 heteroatoms. The summed E-state index contributed by atoms with van der Waals surface area (Å²) >= 11 is 0. The fraction of sp³-hybridized carbons (Fsp3) is 0.333. The minimum Gasteiger partial charge on any atom is -0.481 e. The number of rotatable bonds is 8. The number of carboxylic acid groups (broad SMARTS) is 1. The highest BCUT2D eigenvalue weighted by Crippen LogP contribution is 2.46. The predicted octanol–water partition coefficient (Wildman–Crippen LogP) is 5.04. The van der Waals surface area contributed by atoms with Gasteiger partial charge in [0.25, 0.3) is 0 Å². The summed E-state index contributed by atoms with van der Waals surface area (Å²) in [4.78, 5) is 50.4. The molecule has 0 radical (unpaired) electrons. The summed E-state index contributed by atoms with van der Waals surface area (Å²) in [6.45, 7) is 11.1. The number of Topliss-reactive ketones (excluding diaryl/α,β-unsaturated/α-hetero) is 1. The van der Waals surface area contributed by atoms with Gasteiger partial charge in [0.15, 0.2) is 11.0 Å². The highest BCUT2D eigenvalue weighted by atomic mass is 31.1. The minimum atomic E-state index is -2.08. The van der Waals surface area contributed by atoms with Gasteiger partial charge in [-0.1, -0.05) is 35.4 Å². The lowest BCUT2D eigenvalue weighted by Gasteiger charge is -2.20. The Morgan fingerprint density at radius 3 is 1.33 bits per heavy atom. The molecular formula is C24H27O5P. The maximum Gasteiger partial charge on any atom is 0.310 e. The number of aryl methyl sites for hydroxylation is 6. The van der Waals surface area contributed by atoms with E-state index in [0.717, 1.165) is 33.4 Å². The summed E-state index contributed by atoms with van der Waals surface area (Å²) in [6.07, 6.45) is -1.06. The molecule has 158 valence electrons. The minimum absolute atomic E-state index is 0.362. The lowest BCUT2D eigenvalue weighted by molar-refractivity contribution is -0.139. The van der Waals surface area contributed by atoms with Crippen molar-refractivity contribution in [1.29, 1.82) is 0 Å². The first-order valence-electron chi connectivity index (χ1n) is 9.67. The zero-order chi connectivity index (χ0) is 22.7. The molecule has 0 bridgehead atoms. The summed E-state index contributed by atoms with van der Waals surface area (Å²) in [6, 6.07) is 7.50. The molecule has 0 saturated carbocycles. The standard InChI is InChI=1S/C24H27O5P/c1-13-7-15(3)21(16(4)8-13)23(28)30(12-19(25)11-20(26)27)24(29)22-17(5)9-14(2)10-18(22)6/h7-10H,11-12H2,1-6H3,(H,26,27). The van der Waals surface area contributed by atoms with Crippen molar-refractivity contribution in [1.82, 2.24) is 0 Å². The van der Waals surface area contributed by atoms with Crippen LogP contribution in [-0.2, 0) is 9.59 Å². The number of aliphatic carboxylic acids is 1. The fourth-order valence-electron chi connectivity index (χ4n) is 3.94. The number of ketones is 1. The van der Waals surface area contributed by atoms with Gasteiger partial charge in [-0.2, -0.15) is 0 Å². The Morgan fingerprint density at radius 1 is 0.700 bits per heavy atom. The van der Waals surface area contributed by atoms with Crippen molar-refractivity contribution in [3.8, 4) is 0 Å². The lowest BCUT2D eigenvalue weighted by Crippen LogP contribution is -2.19. The molecule has 0 heterocycles. The van der Waals surface area contributed by atoms with Crippen molar-refractivity contribution >= 4 is 30.7 Å². The van der Waals surface area contributed by atoms with E-state index < -0.39 is 26.1 Å². The zero-order valence-electron chi connectivity index (χ0n) is 18.3. The normalized spacial score (nSPS) is 10.9. The first-order chi connectivity index (χ1) is 13.9. The van der Waals surface area contributed by atoms with E-state index in [-0.39, 0.29) is 17.2 Å². The lowest BCUT2D eigenvalue weighted by atomic mass is 10.0. The molecule has 5 nitrogen and oxygen atoms in total. The molecule has 2 aromatic rings. The van der Waals surface area contributed by atoms with Gasteiger partial charge in [0.2, 0.25) is 0 Å². The maximum atomic E-state index is 13.5. The molecule has 1 N–H and O–H groups in total. The van der Waals surface area contributed by atoms with E-state index in [0.29, 0.717) is 11.1 Å². The zero-order valence-corrected chi connectivity index (χ0v) is 19.1. The average molecular weight is 426 g/mol. The van der Waals surface area contributed by atoms with Gasteiger partial charge < -0.3 is 5.11 Å². The third-order valence-corrected chi connectivity index (χ3v) is 7.05. The second-order valence-corrected chi connectivity index (χ2v) is 9.84. The average Bonchev–Trinajstić information content (AvgIpc) is 2.56. The Bertz CT molecular complexity index is 936. The van der Waals surface area contributed by atoms with E-state index in [1.165, 1.54) is 0 Å². The van der Waals surface area contributed by atoms with Gasteiger partial charge >= 0.3 is 5.97 Å². The van der Waals surface area contributed by atoms with Gasteiger partial charge in [-0.25, -0.2) is 0 Å². The predicted molar refractivity (Wildman–Crippen MR) is 119 cm³/mol. The molecule has 0 aliphatic rings. The van der Waals surface area contributed by atoms with Crippen LogP contribution >= 0.6 is 7.92 Å². The van der Waals surface area contributed by atoms with Crippen LogP contribution in [0.15, 0.2) is 24.3 Å². The molecule has 0 fully saturated rings. The number of hydrogen-bond donors (Lipinski definition) is 1. The Labute approximate surface area is 178 Å². The number of hydrogen-bond acceptors (Lipinski definition) is 4. The first-order valence-corrected chi connectivity index (χ1v) is 11.2. The van der Waals surface area contributed by atoms with Crippen molar-refractivity contribution in [3.05, 3.63) is 68.8 Å². The molecule has 2 rings (SSSR count). The van der Waals surface area contributed by atoms with Crippen LogP contribution in [-0.4, -0.2) is 34.1 Å². The van der Waals surface area contributed by atoms with Crippen molar-refractivity contribution in [3.63, 3.8) is 0 Å². The van der Waals surface area contributed by atoms with E-state index >= 15 is 0 Å². The van der Waals surface area contributed by atoms with Gasteiger partial charge in [0, 0.05) is 17.3 Å². The number of carbonyl (C=O) groups excluding carboxylic acids is 3. The van der Waals surface area contributed by atoms with E-state index in [4.69, 9.17) is 5.11 Å². The molecule has 0 saturated heterocycles. The molecule has 0 unspecified atom stereocenters. The smallest absolute Gasteiger partial charge is 0.310 e. The van der Waals surface area contributed by atoms with E-state index in [9.17, 15) is 19.2 Å². The number of carbonyl (C=O) groups is 4. The van der Waals surface area contributed by atoms with Crippen LogP contribution < -0.4 is 0 Å². The van der Waals surface area contributed by atoms with Gasteiger partial charge in [-0.15, -0.1) is 0 Å². The summed E-state index contributed by atoms with van der Waals surface area (Å²) in [7, 11) is -2.08. The highest BCUT2D eigenvalue weighted by molar-refractivity contribution is 7.91. The van der Waals surface area contributed by atoms with Gasteiger partial charge in [0.05, 0.1) is 7.92 Å². The van der Waals surface area contributed by atoms with Crippen LogP contribution in [0.25, 0.3) is 0 Å². The molecular weight excluding hydrogens is 399 g/mol. The molecule has 0 aromatic heterocycles. The van der Waals surface area contributed by atoms with Gasteiger partial charge in [0.1, 0.15) is 12.2 Å². The number of carboxylic acids is 1. The molecule has 0 spiro atoms. The maximum absolute atomic E-state index is 13.5. The molecule has 30 heavy (non-hydrogen) atoms. The summed E-state index contributed by atoms with van der Waals surface area (Å²) in [5.74, 6) is -1.87. The second kappa shape index (κ2) is 9.44. The number of benzene rings is 2.